The molecular weight excluding hydrogens is 508 g/mol. The smallest absolute Gasteiger partial charge is 0.308 e. The van der Waals surface area contributed by atoms with Crippen LogP contribution in [-0.2, 0) is 19.1 Å². The van der Waals surface area contributed by atoms with Crippen LogP contribution in [0, 0.1) is 23.2 Å². The van der Waals surface area contributed by atoms with Gasteiger partial charge in [0.2, 0.25) is 0 Å². The van der Waals surface area contributed by atoms with Gasteiger partial charge in [-0.1, -0.05) is 136 Å². The van der Waals surface area contributed by atoms with Crippen LogP contribution in [0.15, 0.2) is 0 Å². The van der Waals surface area contributed by atoms with Crippen LogP contribution in [0.5, 0.6) is 0 Å². The zero-order valence-electron chi connectivity index (χ0n) is 27.7. The van der Waals surface area contributed by atoms with Crippen LogP contribution in [0.1, 0.15) is 188 Å². The van der Waals surface area contributed by atoms with E-state index < -0.39 is 0 Å². The minimum Gasteiger partial charge on any atom is -0.465 e. The van der Waals surface area contributed by atoms with Crippen molar-refractivity contribution in [1.82, 2.24) is 0 Å². The largest absolute Gasteiger partial charge is 0.465 e. The fourth-order valence-corrected chi connectivity index (χ4v) is 7.02. The molecule has 0 amide bonds. The summed E-state index contributed by atoms with van der Waals surface area (Å²) in [5.74, 6) is 1.34. The summed E-state index contributed by atoms with van der Waals surface area (Å²) >= 11 is 0. The Balaban J connectivity index is 1.37. The predicted molar refractivity (Wildman–Crippen MR) is 172 cm³/mol. The molecule has 0 aromatic rings. The van der Waals surface area contributed by atoms with E-state index in [1.807, 2.05) is 0 Å². The second-order valence-electron chi connectivity index (χ2n) is 14.6. The van der Waals surface area contributed by atoms with E-state index in [2.05, 4.69) is 20.8 Å². The van der Waals surface area contributed by atoms with Crippen molar-refractivity contribution in [2.45, 2.75) is 188 Å². The zero-order chi connectivity index (χ0) is 29.6. The summed E-state index contributed by atoms with van der Waals surface area (Å²) in [6.45, 7) is 8.54. The van der Waals surface area contributed by atoms with E-state index in [0.29, 0.717) is 18.6 Å². The van der Waals surface area contributed by atoms with Crippen molar-refractivity contribution in [3.05, 3.63) is 0 Å². The third-order valence-electron chi connectivity index (χ3n) is 9.98. The first-order valence-electron chi connectivity index (χ1n) is 18.2. The first kappa shape index (κ1) is 36.1. The summed E-state index contributed by atoms with van der Waals surface area (Å²) < 4.78 is 11.1. The van der Waals surface area contributed by atoms with Crippen LogP contribution in [0.4, 0.5) is 0 Å². The van der Waals surface area contributed by atoms with Gasteiger partial charge in [0, 0.05) is 0 Å². The number of rotatable bonds is 22. The van der Waals surface area contributed by atoms with Gasteiger partial charge in [-0.3, -0.25) is 9.59 Å². The Bertz CT molecular complexity index is 604. The van der Waals surface area contributed by atoms with Crippen molar-refractivity contribution in [3.8, 4) is 0 Å². The van der Waals surface area contributed by atoms with Crippen LogP contribution in [0.2, 0.25) is 0 Å². The average Bonchev–Trinajstić information content (AvgIpc) is 2.97. The maximum atomic E-state index is 12.1. The van der Waals surface area contributed by atoms with Crippen molar-refractivity contribution < 1.29 is 19.1 Å². The molecule has 0 spiro atoms. The van der Waals surface area contributed by atoms with Gasteiger partial charge in [0.05, 0.1) is 25.0 Å². The lowest BCUT2D eigenvalue weighted by atomic mass is 9.75. The zero-order valence-corrected chi connectivity index (χ0v) is 27.7. The van der Waals surface area contributed by atoms with Gasteiger partial charge in [0.15, 0.2) is 0 Å². The SMILES string of the molecule is CC(C)(C)C(CCCCCCCCCOC(=O)C1CCCCC1)CCCCCCCCCOC(=O)C1CCCCC1. The standard InChI is InChI=1S/C37H68O4/c1-37(2,3)34(28-20-10-6-4-8-12-22-30-40-35(38)32-24-16-14-17-25-32)29-21-11-7-5-9-13-23-31-41-36(39)33-26-18-15-19-27-33/h32-34H,4-31H2,1-3H3. The Labute approximate surface area is 254 Å². The fourth-order valence-electron chi connectivity index (χ4n) is 7.02. The predicted octanol–water partition coefficient (Wildman–Crippen LogP) is 11.1. The maximum absolute atomic E-state index is 12.1. The molecule has 0 saturated heterocycles. The minimum absolute atomic E-state index is 0.0682. The van der Waals surface area contributed by atoms with Crippen molar-refractivity contribution in [1.29, 1.82) is 0 Å². The summed E-state index contributed by atoms with van der Waals surface area (Å²) in [6, 6.07) is 0. The Morgan fingerprint density at radius 3 is 1.17 bits per heavy atom. The minimum atomic E-state index is 0.0682. The molecule has 0 atom stereocenters. The molecule has 0 unspecified atom stereocenters. The second kappa shape index (κ2) is 22.5. The second-order valence-corrected chi connectivity index (χ2v) is 14.6. The average molecular weight is 577 g/mol. The molecule has 4 nitrogen and oxygen atoms in total. The molecule has 2 fully saturated rings. The van der Waals surface area contributed by atoms with E-state index in [9.17, 15) is 9.59 Å². The van der Waals surface area contributed by atoms with Gasteiger partial charge in [-0.2, -0.15) is 0 Å². The molecule has 4 heteroatoms. The van der Waals surface area contributed by atoms with Gasteiger partial charge in [0.1, 0.15) is 0 Å². The first-order chi connectivity index (χ1) is 19.9. The number of hydrogen-bond acceptors (Lipinski definition) is 4. The molecule has 0 radical (unpaired) electrons. The first-order valence-corrected chi connectivity index (χ1v) is 18.2. The molecule has 2 saturated carbocycles. The highest BCUT2D eigenvalue weighted by Crippen LogP contribution is 2.35. The number of carbonyl (C=O) groups excluding carboxylic acids is 2. The van der Waals surface area contributed by atoms with Gasteiger partial charge in [-0.05, 0) is 62.7 Å². The molecule has 0 aromatic heterocycles. The number of ether oxygens (including phenoxy) is 2. The highest BCUT2D eigenvalue weighted by Gasteiger charge is 2.24. The molecule has 0 aromatic carbocycles. The third-order valence-corrected chi connectivity index (χ3v) is 9.98. The van der Waals surface area contributed by atoms with Gasteiger partial charge in [0.25, 0.3) is 0 Å². The Kier molecular flexibility index (Phi) is 19.8. The Morgan fingerprint density at radius 1 is 0.512 bits per heavy atom. The van der Waals surface area contributed by atoms with Crippen molar-refractivity contribution in [2.24, 2.45) is 23.2 Å². The van der Waals surface area contributed by atoms with Crippen LogP contribution >= 0.6 is 0 Å². The molecule has 41 heavy (non-hydrogen) atoms. The molecule has 2 aliphatic carbocycles. The molecule has 2 rings (SSSR count). The summed E-state index contributed by atoms with van der Waals surface area (Å²) in [5.41, 5.74) is 0.407. The number of esters is 2. The lowest BCUT2D eigenvalue weighted by Crippen LogP contribution is -2.20. The van der Waals surface area contributed by atoms with Gasteiger partial charge in [-0.25, -0.2) is 0 Å². The molecule has 0 N–H and O–H groups in total. The normalized spacial score (nSPS) is 17.2. The van der Waals surface area contributed by atoms with Crippen molar-refractivity contribution >= 4 is 11.9 Å². The maximum Gasteiger partial charge on any atom is 0.308 e. The van der Waals surface area contributed by atoms with E-state index in [1.54, 1.807) is 0 Å². The number of unbranched alkanes of at least 4 members (excludes halogenated alkanes) is 12. The Morgan fingerprint density at radius 2 is 0.829 bits per heavy atom. The molecule has 0 aliphatic heterocycles. The third kappa shape index (κ3) is 17.6. The van der Waals surface area contributed by atoms with Gasteiger partial charge < -0.3 is 9.47 Å². The summed E-state index contributed by atoms with van der Waals surface area (Å²) in [7, 11) is 0. The molecule has 0 heterocycles. The quantitative estimate of drug-likeness (QED) is 0.0950. The monoisotopic (exact) mass is 577 g/mol. The molecule has 0 bridgehead atoms. The summed E-state index contributed by atoms with van der Waals surface area (Å²) in [6.07, 6.45) is 32.0. The fraction of sp³-hybridized carbons (Fsp3) is 0.946. The topological polar surface area (TPSA) is 52.6 Å². The molecule has 2 aliphatic rings. The highest BCUT2D eigenvalue weighted by molar-refractivity contribution is 5.72. The van der Waals surface area contributed by atoms with E-state index in [0.717, 1.165) is 44.4 Å². The lowest BCUT2D eigenvalue weighted by Gasteiger charge is -2.31. The van der Waals surface area contributed by atoms with Crippen LogP contribution in [-0.4, -0.2) is 25.2 Å². The van der Waals surface area contributed by atoms with Crippen LogP contribution < -0.4 is 0 Å². The van der Waals surface area contributed by atoms with Gasteiger partial charge in [-0.15, -0.1) is 0 Å². The molecule has 240 valence electrons. The van der Waals surface area contributed by atoms with E-state index in [4.69, 9.17) is 9.47 Å². The molecular formula is C37H68O4. The van der Waals surface area contributed by atoms with E-state index in [-0.39, 0.29) is 23.8 Å². The van der Waals surface area contributed by atoms with Crippen LogP contribution in [0.3, 0.4) is 0 Å². The number of carbonyl (C=O) groups is 2. The van der Waals surface area contributed by atoms with Crippen molar-refractivity contribution in [2.75, 3.05) is 13.2 Å². The van der Waals surface area contributed by atoms with Gasteiger partial charge >= 0.3 is 11.9 Å². The highest BCUT2D eigenvalue weighted by atomic mass is 16.5. The summed E-state index contributed by atoms with van der Waals surface area (Å²) in [4.78, 5) is 24.2. The lowest BCUT2D eigenvalue weighted by molar-refractivity contribution is -0.150. The Hall–Kier alpha value is -1.06. The van der Waals surface area contributed by atoms with Crippen molar-refractivity contribution in [3.63, 3.8) is 0 Å². The van der Waals surface area contributed by atoms with E-state index in [1.165, 1.54) is 128 Å². The van der Waals surface area contributed by atoms with Crippen LogP contribution in [0.25, 0.3) is 0 Å². The van der Waals surface area contributed by atoms with E-state index >= 15 is 0 Å². The number of hydrogen-bond donors (Lipinski definition) is 0. The summed E-state index contributed by atoms with van der Waals surface area (Å²) in [5, 5.41) is 0.